The maximum atomic E-state index is 13.6. The molecule has 7 nitrogen and oxygen atoms in total. The van der Waals surface area contributed by atoms with Crippen LogP contribution in [0.1, 0.15) is 33.1 Å². The molecule has 0 aliphatic heterocycles. The Kier molecular flexibility index (Phi) is 6.53. The summed E-state index contributed by atoms with van der Waals surface area (Å²) in [6.45, 7) is 1.67. The average Bonchev–Trinajstić information content (AvgIpc) is 2.74. The number of rotatable bonds is 8. The first-order valence-corrected chi connectivity index (χ1v) is 10.9. The van der Waals surface area contributed by atoms with E-state index in [1.807, 2.05) is 6.92 Å². The standard InChI is InChI=1S/C23H22N2O5S/c1-16-7-13-20(14-8-16)31(29,30)25(15-17-9-11-19(12-10-17)23(27)28)21(22(24)26)18-5-3-2-4-6-18/h2-14,21H,15H2,1H3,(H2,24,26)(H,27,28). The molecule has 8 heteroatoms. The van der Waals surface area contributed by atoms with Gasteiger partial charge in [0.2, 0.25) is 15.9 Å². The third kappa shape index (κ3) is 4.99. The molecular weight excluding hydrogens is 416 g/mol. The molecule has 31 heavy (non-hydrogen) atoms. The molecule has 0 radical (unpaired) electrons. The van der Waals surface area contributed by atoms with E-state index in [9.17, 15) is 18.0 Å². The van der Waals surface area contributed by atoms with Crippen molar-refractivity contribution < 1.29 is 23.1 Å². The van der Waals surface area contributed by atoms with Crippen molar-refractivity contribution in [1.29, 1.82) is 0 Å². The van der Waals surface area contributed by atoms with E-state index in [0.29, 0.717) is 11.1 Å². The van der Waals surface area contributed by atoms with E-state index >= 15 is 0 Å². The fourth-order valence-corrected chi connectivity index (χ4v) is 4.77. The molecule has 0 saturated heterocycles. The lowest BCUT2D eigenvalue weighted by Gasteiger charge is -2.29. The molecule has 1 unspecified atom stereocenters. The molecule has 0 saturated carbocycles. The van der Waals surface area contributed by atoms with E-state index in [2.05, 4.69) is 0 Å². The summed E-state index contributed by atoms with van der Waals surface area (Å²) in [5, 5.41) is 9.10. The summed E-state index contributed by atoms with van der Waals surface area (Å²) >= 11 is 0. The second-order valence-corrected chi connectivity index (χ2v) is 8.97. The minimum Gasteiger partial charge on any atom is -0.478 e. The topological polar surface area (TPSA) is 118 Å². The normalized spacial score (nSPS) is 12.5. The molecule has 0 fully saturated rings. The van der Waals surface area contributed by atoms with Crippen LogP contribution in [0.5, 0.6) is 0 Å². The lowest BCUT2D eigenvalue weighted by molar-refractivity contribution is -0.122. The molecule has 0 aliphatic rings. The molecular formula is C23H22N2O5S. The van der Waals surface area contributed by atoms with Crippen molar-refractivity contribution >= 4 is 21.9 Å². The quantitative estimate of drug-likeness (QED) is 0.560. The van der Waals surface area contributed by atoms with Gasteiger partial charge in [-0.05, 0) is 42.3 Å². The van der Waals surface area contributed by atoms with Gasteiger partial charge in [-0.2, -0.15) is 4.31 Å². The van der Waals surface area contributed by atoms with Gasteiger partial charge in [-0.3, -0.25) is 4.79 Å². The second-order valence-electron chi connectivity index (χ2n) is 7.08. The highest BCUT2D eigenvalue weighted by atomic mass is 32.2. The maximum absolute atomic E-state index is 13.6. The summed E-state index contributed by atoms with van der Waals surface area (Å²) in [6.07, 6.45) is 0. The molecule has 0 aliphatic carbocycles. The van der Waals surface area contributed by atoms with Crippen molar-refractivity contribution in [2.75, 3.05) is 0 Å². The SMILES string of the molecule is Cc1ccc(S(=O)(=O)N(Cc2ccc(C(=O)O)cc2)C(C(N)=O)c2ccccc2)cc1. The van der Waals surface area contributed by atoms with E-state index in [1.165, 1.54) is 36.4 Å². The Hall–Kier alpha value is -3.49. The van der Waals surface area contributed by atoms with E-state index in [-0.39, 0.29) is 17.0 Å². The van der Waals surface area contributed by atoms with Crippen LogP contribution in [-0.4, -0.2) is 29.7 Å². The molecule has 1 amide bonds. The summed E-state index contributed by atoms with van der Waals surface area (Å²) in [5.41, 5.74) is 7.59. The highest BCUT2D eigenvalue weighted by Crippen LogP contribution is 2.30. The molecule has 160 valence electrons. The Labute approximate surface area is 180 Å². The van der Waals surface area contributed by atoms with Crippen LogP contribution >= 0.6 is 0 Å². The van der Waals surface area contributed by atoms with E-state index in [4.69, 9.17) is 10.8 Å². The highest BCUT2D eigenvalue weighted by Gasteiger charge is 2.36. The number of carboxylic acid groups (broad SMARTS) is 1. The van der Waals surface area contributed by atoms with E-state index < -0.39 is 27.9 Å². The number of primary amides is 1. The Morgan fingerprint density at radius 2 is 1.52 bits per heavy atom. The molecule has 3 N–H and O–H groups in total. The van der Waals surface area contributed by atoms with Crippen LogP contribution in [0, 0.1) is 6.92 Å². The van der Waals surface area contributed by atoms with Gasteiger partial charge in [0.1, 0.15) is 6.04 Å². The van der Waals surface area contributed by atoms with Gasteiger partial charge in [-0.15, -0.1) is 0 Å². The number of carbonyl (C=O) groups excluding carboxylic acids is 1. The molecule has 0 heterocycles. The molecule has 3 aromatic rings. The molecule has 0 spiro atoms. The largest absolute Gasteiger partial charge is 0.478 e. The second kappa shape index (κ2) is 9.11. The van der Waals surface area contributed by atoms with Crippen molar-refractivity contribution in [3.8, 4) is 0 Å². The number of hydrogen-bond acceptors (Lipinski definition) is 4. The van der Waals surface area contributed by atoms with Crippen LogP contribution in [0.3, 0.4) is 0 Å². The maximum Gasteiger partial charge on any atom is 0.335 e. The van der Waals surface area contributed by atoms with Crippen LogP contribution in [0.25, 0.3) is 0 Å². The number of sulfonamides is 1. The fourth-order valence-electron chi connectivity index (χ4n) is 3.20. The predicted octanol–water partition coefficient (Wildman–Crippen LogP) is 3.11. The van der Waals surface area contributed by atoms with Crippen molar-refractivity contribution in [2.45, 2.75) is 24.4 Å². The predicted molar refractivity (Wildman–Crippen MR) is 116 cm³/mol. The van der Waals surface area contributed by atoms with Crippen molar-refractivity contribution in [1.82, 2.24) is 4.31 Å². The van der Waals surface area contributed by atoms with Gasteiger partial charge in [-0.25, -0.2) is 13.2 Å². The lowest BCUT2D eigenvalue weighted by Crippen LogP contribution is -2.41. The Morgan fingerprint density at radius 1 is 0.935 bits per heavy atom. The number of nitrogens with zero attached hydrogens (tertiary/aromatic N) is 1. The number of carbonyl (C=O) groups is 2. The first-order valence-electron chi connectivity index (χ1n) is 9.45. The third-order valence-electron chi connectivity index (χ3n) is 4.84. The summed E-state index contributed by atoms with van der Waals surface area (Å²) in [6, 6.07) is 19.3. The molecule has 3 rings (SSSR count). The lowest BCUT2D eigenvalue weighted by atomic mass is 10.1. The van der Waals surface area contributed by atoms with E-state index in [1.54, 1.807) is 42.5 Å². The molecule has 1 atom stereocenters. The monoisotopic (exact) mass is 438 g/mol. The van der Waals surface area contributed by atoms with Gasteiger partial charge in [0.15, 0.2) is 0 Å². The van der Waals surface area contributed by atoms with Crippen LogP contribution in [0.4, 0.5) is 0 Å². The first-order chi connectivity index (χ1) is 14.7. The zero-order valence-electron chi connectivity index (χ0n) is 16.8. The van der Waals surface area contributed by atoms with Crippen molar-refractivity contribution in [3.05, 3.63) is 101 Å². The number of benzene rings is 3. The van der Waals surface area contributed by atoms with E-state index in [0.717, 1.165) is 9.87 Å². The number of hydrogen-bond donors (Lipinski definition) is 2. The minimum atomic E-state index is -4.12. The number of amides is 1. The van der Waals surface area contributed by atoms with Gasteiger partial charge in [0, 0.05) is 6.54 Å². The molecule has 3 aromatic carbocycles. The summed E-state index contributed by atoms with van der Waals surface area (Å²) in [4.78, 5) is 23.6. The van der Waals surface area contributed by atoms with Gasteiger partial charge in [0.05, 0.1) is 10.5 Å². The molecule has 0 aromatic heterocycles. The Balaban J connectivity index is 2.11. The van der Waals surface area contributed by atoms with Crippen molar-refractivity contribution in [2.24, 2.45) is 5.73 Å². The smallest absolute Gasteiger partial charge is 0.335 e. The fraction of sp³-hybridized carbons (Fsp3) is 0.130. The average molecular weight is 439 g/mol. The number of carboxylic acids is 1. The Morgan fingerprint density at radius 3 is 2.03 bits per heavy atom. The number of aryl methyl sites for hydroxylation is 1. The number of nitrogens with two attached hydrogens (primary N) is 1. The van der Waals surface area contributed by atoms with Gasteiger partial charge < -0.3 is 10.8 Å². The van der Waals surface area contributed by atoms with Gasteiger partial charge in [0.25, 0.3) is 0 Å². The summed E-state index contributed by atoms with van der Waals surface area (Å²) in [5.74, 6) is -1.90. The van der Waals surface area contributed by atoms with Crippen LogP contribution < -0.4 is 5.73 Å². The van der Waals surface area contributed by atoms with Gasteiger partial charge >= 0.3 is 5.97 Å². The van der Waals surface area contributed by atoms with Crippen molar-refractivity contribution in [3.63, 3.8) is 0 Å². The van der Waals surface area contributed by atoms with Crippen LogP contribution in [0.2, 0.25) is 0 Å². The Bertz CT molecular complexity index is 1170. The zero-order chi connectivity index (χ0) is 22.6. The summed E-state index contributed by atoms with van der Waals surface area (Å²) in [7, 11) is -4.12. The molecule has 0 bridgehead atoms. The number of aromatic carboxylic acids is 1. The first kappa shape index (κ1) is 22.2. The van der Waals surface area contributed by atoms with Crippen LogP contribution in [0.15, 0.2) is 83.8 Å². The summed E-state index contributed by atoms with van der Waals surface area (Å²) < 4.78 is 28.2. The van der Waals surface area contributed by atoms with Gasteiger partial charge in [-0.1, -0.05) is 60.2 Å². The van der Waals surface area contributed by atoms with Crippen LogP contribution in [-0.2, 0) is 21.4 Å². The third-order valence-corrected chi connectivity index (χ3v) is 6.66. The minimum absolute atomic E-state index is 0.0300. The highest BCUT2D eigenvalue weighted by molar-refractivity contribution is 7.89. The zero-order valence-corrected chi connectivity index (χ0v) is 17.6.